The molecule has 0 amide bonds. The Bertz CT molecular complexity index is 778. The molecule has 21 heavy (non-hydrogen) atoms. The van der Waals surface area contributed by atoms with Gasteiger partial charge in [-0.3, -0.25) is 4.72 Å². The summed E-state index contributed by atoms with van der Waals surface area (Å²) in [5, 5.41) is 9.55. The maximum atomic E-state index is 12.3. The summed E-state index contributed by atoms with van der Waals surface area (Å²) in [5.41, 5.74) is 0.614. The third-order valence-corrected chi connectivity index (χ3v) is 5.24. The number of aliphatic hydroxyl groups excluding tert-OH is 1. The number of halogens is 3. The second-order valence-electron chi connectivity index (χ2n) is 4.12. The molecule has 0 saturated heterocycles. The van der Waals surface area contributed by atoms with Gasteiger partial charge in [-0.05, 0) is 29.8 Å². The Balaban J connectivity index is 2.39. The molecule has 0 heterocycles. The molecule has 0 spiro atoms. The molecule has 0 aromatic heterocycles. The molecular weight excluding hydrogens is 357 g/mol. The van der Waals surface area contributed by atoms with E-state index in [0.717, 1.165) is 0 Å². The summed E-state index contributed by atoms with van der Waals surface area (Å²) in [7, 11) is -3.86. The first-order valence-electron chi connectivity index (χ1n) is 5.71. The molecule has 112 valence electrons. The van der Waals surface area contributed by atoms with E-state index in [1.807, 2.05) is 0 Å². The SMILES string of the molecule is O=S(=O)(Nc1cccc(Cl)c1Cl)c1ccc(CO)c(Cl)c1. The number of nitrogens with one attached hydrogen (secondary N) is 1. The van der Waals surface area contributed by atoms with Crippen molar-refractivity contribution in [2.24, 2.45) is 0 Å². The van der Waals surface area contributed by atoms with Gasteiger partial charge in [-0.25, -0.2) is 8.42 Å². The summed E-state index contributed by atoms with van der Waals surface area (Å²) in [5.74, 6) is 0. The average molecular weight is 367 g/mol. The number of sulfonamides is 1. The lowest BCUT2D eigenvalue weighted by atomic mass is 10.2. The van der Waals surface area contributed by atoms with Gasteiger partial charge in [-0.15, -0.1) is 0 Å². The van der Waals surface area contributed by atoms with Crippen LogP contribution >= 0.6 is 34.8 Å². The molecule has 4 nitrogen and oxygen atoms in total. The van der Waals surface area contributed by atoms with E-state index in [4.69, 9.17) is 39.9 Å². The van der Waals surface area contributed by atoms with Gasteiger partial charge in [-0.2, -0.15) is 0 Å². The summed E-state index contributed by atoms with van der Waals surface area (Å²) in [6.45, 7) is -0.271. The minimum Gasteiger partial charge on any atom is -0.392 e. The van der Waals surface area contributed by atoms with Crippen LogP contribution in [-0.2, 0) is 16.6 Å². The van der Waals surface area contributed by atoms with Crippen LogP contribution in [0.4, 0.5) is 5.69 Å². The molecule has 2 N–H and O–H groups in total. The number of aliphatic hydroxyl groups is 1. The quantitative estimate of drug-likeness (QED) is 0.861. The zero-order chi connectivity index (χ0) is 15.6. The van der Waals surface area contributed by atoms with Crippen LogP contribution in [0.1, 0.15) is 5.56 Å². The van der Waals surface area contributed by atoms with E-state index < -0.39 is 10.0 Å². The molecule has 0 atom stereocenters. The van der Waals surface area contributed by atoms with Gasteiger partial charge in [0.2, 0.25) is 0 Å². The lowest BCUT2D eigenvalue weighted by Gasteiger charge is -2.11. The lowest BCUT2D eigenvalue weighted by Crippen LogP contribution is -2.13. The molecule has 2 aromatic rings. The van der Waals surface area contributed by atoms with Gasteiger partial charge >= 0.3 is 0 Å². The van der Waals surface area contributed by atoms with Crippen LogP contribution in [0, 0.1) is 0 Å². The largest absolute Gasteiger partial charge is 0.392 e. The third-order valence-electron chi connectivity index (χ3n) is 2.70. The third kappa shape index (κ3) is 3.62. The van der Waals surface area contributed by atoms with Gasteiger partial charge in [0.25, 0.3) is 10.0 Å². The molecule has 8 heteroatoms. The van der Waals surface area contributed by atoms with Crippen molar-refractivity contribution in [1.29, 1.82) is 0 Å². The number of hydrogen-bond donors (Lipinski definition) is 2. The topological polar surface area (TPSA) is 66.4 Å². The lowest BCUT2D eigenvalue weighted by molar-refractivity contribution is 0.282. The zero-order valence-electron chi connectivity index (χ0n) is 10.5. The van der Waals surface area contributed by atoms with Crippen molar-refractivity contribution in [3.05, 3.63) is 57.0 Å². The van der Waals surface area contributed by atoms with Crippen molar-refractivity contribution in [1.82, 2.24) is 0 Å². The van der Waals surface area contributed by atoms with Gasteiger partial charge < -0.3 is 5.11 Å². The van der Waals surface area contributed by atoms with Crippen LogP contribution in [0.2, 0.25) is 15.1 Å². The average Bonchev–Trinajstić information content (AvgIpc) is 2.43. The summed E-state index contributed by atoms with van der Waals surface area (Å²) >= 11 is 17.7. The molecule has 0 unspecified atom stereocenters. The maximum absolute atomic E-state index is 12.3. The second-order valence-corrected chi connectivity index (χ2v) is 6.99. The smallest absolute Gasteiger partial charge is 0.261 e. The highest BCUT2D eigenvalue weighted by molar-refractivity contribution is 7.92. The van der Waals surface area contributed by atoms with E-state index in [2.05, 4.69) is 4.72 Å². The molecule has 0 aliphatic rings. The van der Waals surface area contributed by atoms with E-state index in [1.54, 1.807) is 12.1 Å². The Labute approximate surface area is 137 Å². The molecular formula is C13H10Cl3NO3S. The Morgan fingerprint density at radius 3 is 2.38 bits per heavy atom. The first kappa shape index (κ1) is 16.4. The maximum Gasteiger partial charge on any atom is 0.261 e. The Morgan fingerprint density at radius 2 is 1.76 bits per heavy atom. The minimum absolute atomic E-state index is 0.0410. The summed E-state index contributed by atoms with van der Waals surface area (Å²) < 4.78 is 26.9. The van der Waals surface area contributed by atoms with Gasteiger partial charge in [0.15, 0.2) is 0 Å². The number of rotatable bonds is 4. The van der Waals surface area contributed by atoms with Crippen molar-refractivity contribution in [3.63, 3.8) is 0 Å². The standard InChI is InChI=1S/C13H10Cl3NO3S/c14-10-2-1-3-12(13(10)16)17-21(19,20)9-5-4-8(7-18)11(15)6-9/h1-6,17-18H,7H2. The normalized spacial score (nSPS) is 11.4. The fourth-order valence-electron chi connectivity index (χ4n) is 1.61. The van der Waals surface area contributed by atoms with Gasteiger partial charge in [-0.1, -0.05) is 46.9 Å². The summed E-state index contributed by atoms with van der Waals surface area (Å²) in [6, 6.07) is 8.67. The first-order chi connectivity index (χ1) is 9.85. The van der Waals surface area contributed by atoms with Crippen LogP contribution < -0.4 is 4.72 Å². The fourth-order valence-corrected chi connectivity index (χ4v) is 3.42. The van der Waals surface area contributed by atoms with E-state index in [9.17, 15) is 8.42 Å². The molecule has 0 fully saturated rings. The first-order valence-corrected chi connectivity index (χ1v) is 8.33. The van der Waals surface area contributed by atoms with Gasteiger partial charge in [0.05, 0.1) is 27.2 Å². The summed E-state index contributed by atoms with van der Waals surface area (Å²) in [4.78, 5) is -0.0410. The van der Waals surface area contributed by atoms with Crippen LogP contribution in [0.5, 0.6) is 0 Å². The highest BCUT2D eigenvalue weighted by Crippen LogP contribution is 2.31. The molecule has 2 rings (SSSR count). The Hall–Kier alpha value is -0.980. The number of hydrogen-bond acceptors (Lipinski definition) is 3. The number of anilines is 1. The summed E-state index contributed by atoms with van der Waals surface area (Å²) in [6.07, 6.45) is 0. The van der Waals surface area contributed by atoms with Crippen LogP contribution in [0.15, 0.2) is 41.3 Å². The zero-order valence-corrected chi connectivity index (χ0v) is 13.6. The van der Waals surface area contributed by atoms with Gasteiger partial charge in [0.1, 0.15) is 0 Å². The second kappa shape index (κ2) is 6.42. The van der Waals surface area contributed by atoms with Gasteiger partial charge in [0, 0.05) is 5.02 Å². The van der Waals surface area contributed by atoms with E-state index in [-0.39, 0.29) is 32.3 Å². The van der Waals surface area contributed by atoms with E-state index in [0.29, 0.717) is 5.56 Å². The molecule has 0 aliphatic carbocycles. The molecule has 0 saturated carbocycles. The van der Waals surface area contributed by atoms with Crippen molar-refractivity contribution in [2.75, 3.05) is 4.72 Å². The highest BCUT2D eigenvalue weighted by atomic mass is 35.5. The Kier molecular flexibility index (Phi) is 5.01. The van der Waals surface area contributed by atoms with Crippen molar-refractivity contribution in [2.45, 2.75) is 11.5 Å². The minimum atomic E-state index is -3.86. The molecule has 2 aromatic carbocycles. The molecule has 0 radical (unpaired) electrons. The van der Waals surface area contributed by atoms with Crippen molar-refractivity contribution >= 4 is 50.5 Å². The van der Waals surface area contributed by atoms with Crippen LogP contribution in [-0.4, -0.2) is 13.5 Å². The van der Waals surface area contributed by atoms with Crippen molar-refractivity contribution in [3.8, 4) is 0 Å². The fraction of sp³-hybridized carbons (Fsp3) is 0.0769. The predicted molar refractivity (Wildman–Crippen MR) is 84.6 cm³/mol. The molecule has 0 aliphatic heterocycles. The molecule has 0 bridgehead atoms. The van der Waals surface area contributed by atoms with Crippen molar-refractivity contribution < 1.29 is 13.5 Å². The van der Waals surface area contributed by atoms with Crippen LogP contribution in [0.3, 0.4) is 0 Å². The van der Waals surface area contributed by atoms with Crippen LogP contribution in [0.25, 0.3) is 0 Å². The monoisotopic (exact) mass is 365 g/mol. The predicted octanol–water partition coefficient (Wildman–Crippen LogP) is 3.94. The van der Waals surface area contributed by atoms with E-state index in [1.165, 1.54) is 24.3 Å². The Morgan fingerprint density at radius 1 is 1.05 bits per heavy atom. The highest BCUT2D eigenvalue weighted by Gasteiger charge is 2.17. The number of benzene rings is 2. The van der Waals surface area contributed by atoms with E-state index >= 15 is 0 Å².